The molecule has 0 saturated heterocycles. The lowest BCUT2D eigenvalue weighted by atomic mass is 10.2. The van der Waals surface area contributed by atoms with Crippen molar-refractivity contribution in [1.82, 2.24) is 9.13 Å². The van der Waals surface area contributed by atoms with Crippen molar-refractivity contribution in [3.05, 3.63) is 69.4 Å². The zero-order valence-corrected chi connectivity index (χ0v) is 19.3. The Labute approximate surface area is 198 Å². The first-order valence-corrected chi connectivity index (χ1v) is 10.2. The fourth-order valence-corrected chi connectivity index (χ4v) is 3.39. The van der Waals surface area contributed by atoms with E-state index in [2.05, 4.69) is 5.32 Å². The number of nitrogens with one attached hydrogen (secondary N) is 1. The fourth-order valence-electron chi connectivity index (χ4n) is 3.39. The van der Waals surface area contributed by atoms with Gasteiger partial charge in [0.15, 0.2) is 17.2 Å². The Bertz CT molecular complexity index is 1430. The van der Waals surface area contributed by atoms with Crippen LogP contribution in [0.2, 0.25) is 0 Å². The number of para-hydroxylation sites is 1. The van der Waals surface area contributed by atoms with Gasteiger partial charge < -0.3 is 19.9 Å². The lowest BCUT2D eigenvalue weighted by Crippen LogP contribution is -2.43. The summed E-state index contributed by atoms with van der Waals surface area (Å²) in [6, 6.07) is 12.0. The molecule has 0 bridgehead atoms. The zero-order chi connectivity index (χ0) is 25.9. The lowest BCUT2D eigenvalue weighted by molar-refractivity contribution is -0.134. The molecule has 0 aliphatic rings. The van der Waals surface area contributed by atoms with E-state index in [1.165, 1.54) is 26.2 Å². The molecule has 2 N–H and O–H groups in total. The minimum absolute atomic E-state index is 0.0928. The molecule has 2 aromatic carbocycles. The number of nitrogens with zero attached hydrogens (tertiary/aromatic N) is 3. The van der Waals surface area contributed by atoms with E-state index in [1.54, 1.807) is 30.3 Å². The molecule has 3 rings (SSSR count). The van der Waals surface area contributed by atoms with Crippen LogP contribution in [-0.2, 0) is 16.6 Å². The molecule has 35 heavy (non-hydrogen) atoms. The third kappa shape index (κ3) is 4.90. The number of esters is 2. The van der Waals surface area contributed by atoms with Crippen molar-refractivity contribution in [2.45, 2.75) is 13.8 Å². The number of aromatic nitrogens is 2. The molecule has 0 saturated carbocycles. The van der Waals surface area contributed by atoms with E-state index in [0.717, 1.165) is 29.0 Å². The van der Waals surface area contributed by atoms with Gasteiger partial charge in [0.1, 0.15) is 5.82 Å². The van der Waals surface area contributed by atoms with Crippen molar-refractivity contribution in [2.75, 3.05) is 17.3 Å². The van der Waals surface area contributed by atoms with Gasteiger partial charge in [-0.15, -0.1) is 0 Å². The predicted octanol–water partition coefficient (Wildman–Crippen LogP) is 2.24. The standard InChI is InChI=1S/C23H22N4O8/c1-13(28)34-17-11-10-16(12-18(17)35-14(2)29)26(23(32)33)19-20(24-3)27(15-8-6-5-7-9-15)22(31)25(4)21(19)30/h5-12,24H,1-4H3,(H,32,33). The molecule has 0 aliphatic carbocycles. The smallest absolute Gasteiger partial charge is 0.416 e. The summed E-state index contributed by atoms with van der Waals surface area (Å²) in [5.74, 6) is -1.90. The van der Waals surface area contributed by atoms with Crippen LogP contribution in [0.25, 0.3) is 5.69 Å². The van der Waals surface area contributed by atoms with Crippen molar-refractivity contribution in [2.24, 2.45) is 7.05 Å². The third-order valence-electron chi connectivity index (χ3n) is 4.79. The van der Waals surface area contributed by atoms with Crippen LogP contribution >= 0.6 is 0 Å². The second kappa shape index (κ2) is 9.95. The van der Waals surface area contributed by atoms with E-state index in [1.807, 2.05) is 0 Å². The van der Waals surface area contributed by atoms with E-state index < -0.39 is 29.3 Å². The Morgan fingerprint density at radius 2 is 1.54 bits per heavy atom. The second-order valence-electron chi connectivity index (χ2n) is 7.20. The molecule has 12 nitrogen and oxygen atoms in total. The summed E-state index contributed by atoms with van der Waals surface area (Å²) in [7, 11) is 2.66. The van der Waals surface area contributed by atoms with E-state index >= 15 is 0 Å². The van der Waals surface area contributed by atoms with Gasteiger partial charge in [-0.1, -0.05) is 18.2 Å². The van der Waals surface area contributed by atoms with Crippen LogP contribution in [-0.4, -0.2) is 39.3 Å². The molecule has 1 amide bonds. The quantitative estimate of drug-likeness (QED) is 0.398. The van der Waals surface area contributed by atoms with Crippen molar-refractivity contribution >= 4 is 35.2 Å². The average molecular weight is 482 g/mol. The predicted molar refractivity (Wildman–Crippen MR) is 126 cm³/mol. The maximum atomic E-state index is 13.2. The van der Waals surface area contributed by atoms with Crippen LogP contribution in [0.5, 0.6) is 11.5 Å². The van der Waals surface area contributed by atoms with Gasteiger partial charge in [0.2, 0.25) is 0 Å². The summed E-state index contributed by atoms with van der Waals surface area (Å²) in [6.07, 6.45) is -1.56. The minimum atomic E-state index is -1.56. The molecule has 1 heterocycles. The molecule has 0 spiro atoms. The third-order valence-corrected chi connectivity index (χ3v) is 4.79. The number of carbonyl (C=O) groups is 3. The topological polar surface area (TPSA) is 149 Å². The van der Waals surface area contributed by atoms with Crippen LogP contribution in [0.15, 0.2) is 58.1 Å². The van der Waals surface area contributed by atoms with Crippen LogP contribution in [0.1, 0.15) is 13.8 Å². The van der Waals surface area contributed by atoms with E-state index in [4.69, 9.17) is 9.47 Å². The van der Waals surface area contributed by atoms with Gasteiger partial charge in [-0.3, -0.25) is 19.0 Å². The van der Waals surface area contributed by atoms with E-state index in [-0.39, 0.29) is 28.7 Å². The maximum Gasteiger partial charge on any atom is 0.416 e. The largest absolute Gasteiger partial charge is 0.464 e. The van der Waals surface area contributed by atoms with Crippen LogP contribution in [0, 0.1) is 0 Å². The number of anilines is 3. The normalized spacial score (nSPS) is 10.4. The molecule has 0 fully saturated rings. The number of benzene rings is 2. The Morgan fingerprint density at radius 3 is 2.09 bits per heavy atom. The summed E-state index contributed by atoms with van der Waals surface area (Å²) in [4.78, 5) is 62.2. The molecule has 0 atom stereocenters. The van der Waals surface area contributed by atoms with E-state index in [0.29, 0.717) is 10.6 Å². The van der Waals surface area contributed by atoms with Gasteiger partial charge in [-0.05, 0) is 24.3 Å². The number of carbonyl (C=O) groups excluding carboxylic acids is 2. The molecule has 182 valence electrons. The number of ether oxygens (including phenoxy) is 2. The van der Waals surface area contributed by atoms with Gasteiger partial charge in [-0.25, -0.2) is 19.1 Å². The molecule has 12 heteroatoms. The monoisotopic (exact) mass is 482 g/mol. The molecule has 1 aromatic heterocycles. The van der Waals surface area contributed by atoms with Crippen molar-refractivity contribution in [3.63, 3.8) is 0 Å². The second-order valence-corrected chi connectivity index (χ2v) is 7.20. The summed E-state index contributed by atoms with van der Waals surface area (Å²) < 4.78 is 12.0. The SMILES string of the molecule is CNc1c(N(C(=O)O)c2ccc(OC(C)=O)c(OC(C)=O)c2)c(=O)n(C)c(=O)n1-c1ccccc1. The number of rotatable bonds is 6. The van der Waals surface area contributed by atoms with Gasteiger partial charge >= 0.3 is 23.7 Å². The minimum Gasteiger partial charge on any atom is -0.464 e. The van der Waals surface area contributed by atoms with E-state index in [9.17, 15) is 29.1 Å². The highest BCUT2D eigenvalue weighted by molar-refractivity contribution is 5.98. The Morgan fingerprint density at radius 1 is 0.943 bits per heavy atom. The van der Waals surface area contributed by atoms with Crippen molar-refractivity contribution < 1.29 is 29.0 Å². The summed E-state index contributed by atoms with van der Waals surface area (Å²) in [5.41, 5.74) is -1.72. The number of hydrogen-bond acceptors (Lipinski definition) is 8. The molecule has 0 aliphatic heterocycles. The lowest BCUT2D eigenvalue weighted by Gasteiger charge is -2.25. The summed E-state index contributed by atoms with van der Waals surface area (Å²) in [5, 5.41) is 12.9. The zero-order valence-electron chi connectivity index (χ0n) is 19.3. The van der Waals surface area contributed by atoms with Crippen LogP contribution in [0.4, 0.5) is 22.0 Å². The maximum absolute atomic E-state index is 13.2. The first-order valence-electron chi connectivity index (χ1n) is 10.2. The van der Waals surface area contributed by atoms with Gasteiger partial charge in [0.25, 0.3) is 5.56 Å². The Hall–Kier alpha value is -4.87. The summed E-state index contributed by atoms with van der Waals surface area (Å²) >= 11 is 0. The Balaban J connectivity index is 2.35. The molecule has 0 radical (unpaired) electrons. The van der Waals surface area contributed by atoms with Crippen LogP contribution < -0.4 is 30.9 Å². The number of carboxylic acid groups (broad SMARTS) is 1. The highest BCUT2D eigenvalue weighted by Crippen LogP contribution is 2.36. The highest BCUT2D eigenvalue weighted by Gasteiger charge is 2.29. The van der Waals surface area contributed by atoms with Crippen molar-refractivity contribution in [3.8, 4) is 17.2 Å². The average Bonchev–Trinajstić information content (AvgIpc) is 2.80. The number of amides is 1. The Kier molecular flexibility index (Phi) is 7.04. The molecule has 3 aromatic rings. The van der Waals surface area contributed by atoms with Crippen LogP contribution in [0.3, 0.4) is 0 Å². The highest BCUT2D eigenvalue weighted by atomic mass is 16.6. The first-order chi connectivity index (χ1) is 16.6. The van der Waals surface area contributed by atoms with Gasteiger partial charge in [0, 0.05) is 34.0 Å². The summed E-state index contributed by atoms with van der Waals surface area (Å²) in [6.45, 7) is 2.26. The first kappa shape index (κ1) is 24.8. The number of hydrogen-bond donors (Lipinski definition) is 2. The fraction of sp³-hybridized carbons (Fsp3) is 0.174. The molecular formula is C23H22N4O8. The molecule has 0 unspecified atom stereocenters. The van der Waals surface area contributed by atoms with Crippen molar-refractivity contribution in [1.29, 1.82) is 0 Å². The molecular weight excluding hydrogens is 460 g/mol. The van der Waals surface area contributed by atoms with Gasteiger partial charge in [-0.2, -0.15) is 0 Å². The van der Waals surface area contributed by atoms with Gasteiger partial charge in [0.05, 0.1) is 11.4 Å².